The van der Waals surface area contributed by atoms with E-state index in [1.165, 1.54) is 0 Å². The third-order valence-electron chi connectivity index (χ3n) is 2.60. The van der Waals surface area contributed by atoms with Crippen molar-refractivity contribution < 1.29 is 9.90 Å². The van der Waals surface area contributed by atoms with Gasteiger partial charge in [-0.1, -0.05) is 0 Å². The summed E-state index contributed by atoms with van der Waals surface area (Å²) in [4.78, 5) is 13.5. The van der Waals surface area contributed by atoms with E-state index in [1.807, 2.05) is 0 Å². The number of β-amino-alcohol motifs (C(OH)–C–C–N with tert-alkyl or cyclic N) is 1. The summed E-state index contributed by atoms with van der Waals surface area (Å²) in [6, 6.07) is 1.65. The Morgan fingerprint density at radius 2 is 2.20 bits per heavy atom. The summed E-state index contributed by atoms with van der Waals surface area (Å²) in [5.41, 5.74) is 5.99. The molecule has 1 fully saturated rings. The van der Waals surface area contributed by atoms with Crippen LogP contribution in [0.5, 0.6) is 0 Å². The molecule has 1 aromatic heterocycles. The Hall–Kier alpha value is -1.49. The van der Waals surface area contributed by atoms with E-state index in [-0.39, 0.29) is 5.91 Å². The van der Waals surface area contributed by atoms with Crippen LogP contribution in [0, 0.1) is 0 Å². The smallest absolute Gasteiger partial charge is 0.270 e. The summed E-state index contributed by atoms with van der Waals surface area (Å²) >= 11 is 0. The fraction of sp³-hybridized carbons (Fsp3) is 0.500. The minimum absolute atomic E-state index is 0.0827. The lowest BCUT2D eigenvalue weighted by molar-refractivity contribution is -0.0671. The number of hydrogen-bond acceptors (Lipinski definition) is 3. The van der Waals surface area contributed by atoms with Gasteiger partial charge in [0, 0.05) is 13.2 Å². The van der Waals surface area contributed by atoms with Gasteiger partial charge in [0.25, 0.3) is 5.91 Å². The molecule has 0 unspecified atom stereocenters. The van der Waals surface area contributed by atoms with Crippen molar-refractivity contribution in [1.29, 1.82) is 0 Å². The third kappa shape index (κ3) is 1.70. The zero-order chi connectivity index (χ0) is 11.2. The lowest BCUT2D eigenvalue weighted by Gasteiger charge is -2.44. The summed E-state index contributed by atoms with van der Waals surface area (Å²) in [6.07, 6.45) is 1.70. The van der Waals surface area contributed by atoms with Crippen molar-refractivity contribution >= 4 is 11.6 Å². The Labute approximate surface area is 88.1 Å². The van der Waals surface area contributed by atoms with Gasteiger partial charge in [0.05, 0.1) is 24.4 Å². The van der Waals surface area contributed by atoms with Crippen LogP contribution in [0.1, 0.15) is 17.4 Å². The molecule has 1 amide bonds. The Bertz CT molecular complexity index is 401. The number of aryl methyl sites for hydroxylation is 1. The predicted octanol–water partition coefficient (Wildman–Crippen LogP) is -0.186. The zero-order valence-electron chi connectivity index (χ0n) is 8.90. The number of amides is 1. The molecule has 1 aliphatic rings. The maximum atomic E-state index is 11.9. The number of aromatic nitrogens is 1. The predicted molar refractivity (Wildman–Crippen MR) is 56.4 cm³/mol. The highest BCUT2D eigenvalue weighted by Crippen LogP contribution is 2.22. The van der Waals surface area contributed by atoms with Crippen molar-refractivity contribution in [3.63, 3.8) is 0 Å². The molecule has 0 spiro atoms. The summed E-state index contributed by atoms with van der Waals surface area (Å²) in [5, 5.41) is 9.53. The first kappa shape index (κ1) is 10.0. The Morgan fingerprint density at radius 1 is 1.60 bits per heavy atom. The Kier molecular flexibility index (Phi) is 2.01. The van der Waals surface area contributed by atoms with Crippen LogP contribution in [0.4, 0.5) is 5.69 Å². The van der Waals surface area contributed by atoms with Crippen molar-refractivity contribution in [3.8, 4) is 0 Å². The van der Waals surface area contributed by atoms with E-state index in [2.05, 4.69) is 0 Å². The molecule has 3 N–H and O–H groups in total. The van der Waals surface area contributed by atoms with Crippen LogP contribution in [-0.4, -0.2) is 39.2 Å². The second-order valence-electron chi connectivity index (χ2n) is 4.43. The Morgan fingerprint density at radius 3 is 2.60 bits per heavy atom. The van der Waals surface area contributed by atoms with Crippen LogP contribution >= 0.6 is 0 Å². The molecule has 0 aliphatic carbocycles. The second kappa shape index (κ2) is 3.00. The van der Waals surface area contributed by atoms with Crippen LogP contribution in [0.3, 0.4) is 0 Å². The highest BCUT2D eigenvalue weighted by Gasteiger charge is 2.40. The lowest BCUT2D eigenvalue weighted by Crippen LogP contribution is -2.61. The first-order valence-corrected chi connectivity index (χ1v) is 4.82. The summed E-state index contributed by atoms with van der Waals surface area (Å²) < 4.78 is 1.70. The molecule has 1 saturated heterocycles. The van der Waals surface area contributed by atoms with Gasteiger partial charge in [-0.15, -0.1) is 0 Å². The van der Waals surface area contributed by atoms with E-state index in [4.69, 9.17) is 5.73 Å². The normalized spacial score (nSPS) is 18.7. The number of aliphatic hydroxyl groups is 1. The van der Waals surface area contributed by atoms with Crippen LogP contribution in [-0.2, 0) is 7.05 Å². The van der Waals surface area contributed by atoms with E-state index in [0.717, 1.165) is 0 Å². The molecule has 5 nitrogen and oxygen atoms in total. The molecule has 15 heavy (non-hydrogen) atoms. The van der Waals surface area contributed by atoms with Crippen LogP contribution < -0.4 is 5.73 Å². The van der Waals surface area contributed by atoms with Crippen molar-refractivity contribution in [2.24, 2.45) is 7.05 Å². The van der Waals surface area contributed by atoms with E-state index >= 15 is 0 Å². The van der Waals surface area contributed by atoms with Crippen LogP contribution in [0.25, 0.3) is 0 Å². The number of carbonyl (C=O) groups is 1. The number of anilines is 1. The summed E-state index contributed by atoms with van der Waals surface area (Å²) in [5.74, 6) is -0.0827. The van der Waals surface area contributed by atoms with Gasteiger partial charge in [0.15, 0.2) is 0 Å². The number of carbonyl (C=O) groups excluding carboxylic acids is 1. The van der Waals surface area contributed by atoms with Gasteiger partial charge < -0.3 is 20.3 Å². The quantitative estimate of drug-likeness (QED) is 0.673. The number of nitrogens with two attached hydrogens (primary N) is 1. The highest BCUT2D eigenvalue weighted by molar-refractivity contribution is 5.94. The molecule has 0 bridgehead atoms. The van der Waals surface area contributed by atoms with Crippen molar-refractivity contribution in [2.45, 2.75) is 12.5 Å². The van der Waals surface area contributed by atoms with Gasteiger partial charge in [-0.05, 0) is 13.0 Å². The fourth-order valence-corrected chi connectivity index (χ4v) is 1.88. The van der Waals surface area contributed by atoms with Gasteiger partial charge in [-0.3, -0.25) is 4.79 Å². The molecular weight excluding hydrogens is 194 g/mol. The molecule has 82 valence electrons. The fourth-order valence-electron chi connectivity index (χ4n) is 1.88. The number of hydrogen-bond donors (Lipinski definition) is 2. The highest BCUT2D eigenvalue weighted by atomic mass is 16.3. The van der Waals surface area contributed by atoms with Crippen molar-refractivity contribution in [1.82, 2.24) is 9.47 Å². The summed E-state index contributed by atoms with van der Waals surface area (Å²) in [7, 11) is 1.78. The maximum Gasteiger partial charge on any atom is 0.270 e. The molecule has 1 aliphatic heterocycles. The monoisotopic (exact) mass is 209 g/mol. The van der Waals surface area contributed by atoms with Gasteiger partial charge in [-0.25, -0.2) is 0 Å². The van der Waals surface area contributed by atoms with Crippen LogP contribution in [0.2, 0.25) is 0 Å². The molecule has 5 heteroatoms. The molecule has 0 saturated carbocycles. The number of likely N-dealkylation sites (tertiary alicyclic amines) is 1. The molecular formula is C10H15N3O2. The molecule has 0 radical (unpaired) electrons. The van der Waals surface area contributed by atoms with E-state index in [9.17, 15) is 9.90 Å². The first-order chi connectivity index (χ1) is 6.89. The largest absolute Gasteiger partial charge is 0.397 e. The maximum absolute atomic E-state index is 11.9. The molecule has 2 rings (SSSR count). The molecule has 0 atom stereocenters. The van der Waals surface area contributed by atoms with E-state index < -0.39 is 5.60 Å². The minimum atomic E-state index is -0.730. The van der Waals surface area contributed by atoms with Gasteiger partial charge in [-0.2, -0.15) is 0 Å². The molecule has 2 heterocycles. The van der Waals surface area contributed by atoms with Crippen LogP contribution in [0.15, 0.2) is 12.3 Å². The molecule has 0 aromatic carbocycles. The topological polar surface area (TPSA) is 71.5 Å². The first-order valence-electron chi connectivity index (χ1n) is 4.82. The van der Waals surface area contributed by atoms with Crippen molar-refractivity contribution in [2.75, 3.05) is 18.8 Å². The van der Waals surface area contributed by atoms with E-state index in [1.54, 1.807) is 35.7 Å². The number of rotatable bonds is 1. The molecule has 1 aromatic rings. The van der Waals surface area contributed by atoms with Gasteiger partial charge in [0.2, 0.25) is 0 Å². The number of nitrogen functional groups attached to an aromatic ring is 1. The summed E-state index contributed by atoms with van der Waals surface area (Å²) in [6.45, 7) is 2.49. The van der Waals surface area contributed by atoms with Gasteiger partial charge >= 0.3 is 0 Å². The van der Waals surface area contributed by atoms with Crippen molar-refractivity contribution in [3.05, 3.63) is 18.0 Å². The Balaban J connectivity index is 2.13. The zero-order valence-corrected chi connectivity index (χ0v) is 8.90. The lowest BCUT2D eigenvalue weighted by atomic mass is 9.96. The van der Waals surface area contributed by atoms with Gasteiger partial charge in [0.1, 0.15) is 5.69 Å². The van der Waals surface area contributed by atoms with E-state index in [0.29, 0.717) is 24.5 Å². The SMILES string of the molecule is Cn1cc(N)cc1C(=O)N1CC(C)(O)C1. The average Bonchev–Trinajstić information content (AvgIpc) is 2.40. The average molecular weight is 209 g/mol. The second-order valence-corrected chi connectivity index (χ2v) is 4.43. The standard InChI is InChI=1S/C10H15N3O2/c1-10(15)5-13(6-10)9(14)8-3-7(11)4-12(8)2/h3-4,15H,5-6,11H2,1-2H3. The minimum Gasteiger partial charge on any atom is -0.397 e. The third-order valence-corrected chi connectivity index (χ3v) is 2.60. The number of nitrogens with zero attached hydrogens (tertiary/aromatic N) is 2.